The van der Waals surface area contributed by atoms with Gasteiger partial charge in [-0.25, -0.2) is 0 Å². The summed E-state index contributed by atoms with van der Waals surface area (Å²) in [5.74, 6) is 0. The van der Waals surface area contributed by atoms with E-state index in [1.165, 1.54) is 0 Å². The van der Waals surface area contributed by atoms with Gasteiger partial charge in [0.05, 0.1) is 0 Å². The Balaban J connectivity index is 2.53. The van der Waals surface area contributed by atoms with Crippen LogP contribution in [0.25, 0.3) is 0 Å². The average Bonchev–Trinajstić information content (AvgIpc) is 1.84. The molecule has 0 radical (unpaired) electrons. The van der Waals surface area contributed by atoms with Crippen molar-refractivity contribution < 1.29 is 0 Å². The lowest BCUT2D eigenvalue weighted by Gasteiger charge is -2.02. The fraction of sp³-hybridized carbons (Fsp3) is 0.500. The Hall–Kier alpha value is 0.0600. The first-order valence-corrected chi connectivity index (χ1v) is 4.23. The van der Waals surface area contributed by atoms with Gasteiger partial charge in [-0.1, -0.05) is 35.4 Å². The van der Waals surface area contributed by atoms with E-state index in [-0.39, 0.29) is 0 Å². The second-order valence-electron chi connectivity index (χ2n) is 2.39. The molecule has 0 unspecified atom stereocenters. The third-order valence-corrected chi connectivity index (χ3v) is 2.20. The molecular formula is C8H10Cl2. The Morgan fingerprint density at radius 3 is 2.00 bits per heavy atom. The minimum absolute atomic E-state index is 0.887. The topological polar surface area (TPSA) is 0 Å². The minimum Gasteiger partial charge on any atom is -0.0895 e. The fourth-order valence-corrected chi connectivity index (χ4v) is 1.39. The third-order valence-electron chi connectivity index (χ3n) is 1.51. The van der Waals surface area contributed by atoms with Crippen LogP contribution in [0.4, 0.5) is 0 Å². The van der Waals surface area contributed by atoms with Crippen molar-refractivity contribution in [2.75, 3.05) is 0 Å². The molecule has 1 rings (SSSR count). The Labute approximate surface area is 71.5 Å². The van der Waals surface area contributed by atoms with Gasteiger partial charge in [0.2, 0.25) is 0 Å². The molecule has 10 heavy (non-hydrogen) atoms. The van der Waals surface area contributed by atoms with Crippen molar-refractivity contribution in [3.63, 3.8) is 0 Å². The highest BCUT2D eigenvalue weighted by Crippen LogP contribution is 2.21. The molecule has 56 valence electrons. The van der Waals surface area contributed by atoms with Crippen LogP contribution >= 0.6 is 23.2 Å². The molecule has 0 aliphatic heterocycles. The number of hydrogen-bond acceptors (Lipinski definition) is 0. The maximum atomic E-state index is 5.83. The Morgan fingerprint density at radius 1 is 1.00 bits per heavy atom. The van der Waals surface area contributed by atoms with Crippen LogP contribution in [0.5, 0.6) is 0 Å². The third kappa shape index (κ3) is 2.76. The average molecular weight is 177 g/mol. The predicted octanol–water partition coefficient (Wildman–Crippen LogP) is 3.81. The van der Waals surface area contributed by atoms with Crippen molar-refractivity contribution in [2.45, 2.75) is 25.7 Å². The molecule has 0 amide bonds. The Kier molecular flexibility index (Phi) is 3.30. The lowest BCUT2D eigenvalue weighted by Crippen LogP contribution is -1.82. The van der Waals surface area contributed by atoms with Crippen LogP contribution in [0.15, 0.2) is 22.2 Å². The van der Waals surface area contributed by atoms with Gasteiger partial charge in [0.25, 0.3) is 0 Å². The van der Waals surface area contributed by atoms with Crippen LogP contribution in [-0.4, -0.2) is 0 Å². The zero-order valence-corrected chi connectivity index (χ0v) is 7.25. The summed E-state index contributed by atoms with van der Waals surface area (Å²) >= 11 is 11.7. The van der Waals surface area contributed by atoms with E-state index in [1.807, 2.05) is 12.2 Å². The summed E-state index contributed by atoms with van der Waals surface area (Å²) in [4.78, 5) is 0. The molecule has 1 aliphatic carbocycles. The number of allylic oxidation sites excluding steroid dienone is 4. The van der Waals surface area contributed by atoms with Crippen LogP contribution < -0.4 is 0 Å². The van der Waals surface area contributed by atoms with E-state index in [1.54, 1.807) is 0 Å². The lowest BCUT2D eigenvalue weighted by atomic mass is 10.1. The maximum Gasteiger partial charge on any atom is 0.0144 e. The van der Waals surface area contributed by atoms with E-state index in [0.29, 0.717) is 0 Å². The van der Waals surface area contributed by atoms with Crippen LogP contribution in [-0.2, 0) is 0 Å². The summed E-state index contributed by atoms with van der Waals surface area (Å²) in [7, 11) is 0. The fourth-order valence-electron chi connectivity index (χ4n) is 0.945. The maximum absolute atomic E-state index is 5.83. The van der Waals surface area contributed by atoms with E-state index in [4.69, 9.17) is 23.2 Å². The molecule has 0 bridgehead atoms. The molecule has 0 aromatic carbocycles. The summed E-state index contributed by atoms with van der Waals surface area (Å²) < 4.78 is 0. The quantitative estimate of drug-likeness (QED) is 0.527. The molecule has 0 saturated carbocycles. The smallest absolute Gasteiger partial charge is 0.0144 e. The zero-order valence-electron chi connectivity index (χ0n) is 5.74. The van der Waals surface area contributed by atoms with Crippen molar-refractivity contribution in [1.29, 1.82) is 0 Å². The van der Waals surface area contributed by atoms with Gasteiger partial charge in [-0.2, -0.15) is 0 Å². The second-order valence-corrected chi connectivity index (χ2v) is 3.36. The van der Waals surface area contributed by atoms with Gasteiger partial charge in [-0.05, 0) is 25.7 Å². The van der Waals surface area contributed by atoms with Crippen LogP contribution in [0.1, 0.15) is 25.7 Å². The van der Waals surface area contributed by atoms with E-state index < -0.39 is 0 Å². The van der Waals surface area contributed by atoms with E-state index in [2.05, 4.69) is 0 Å². The molecule has 0 atom stereocenters. The van der Waals surface area contributed by atoms with Gasteiger partial charge in [0.15, 0.2) is 0 Å². The summed E-state index contributed by atoms with van der Waals surface area (Å²) in [5.41, 5.74) is 0. The summed E-state index contributed by atoms with van der Waals surface area (Å²) in [6.45, 7) is 0. The van der Waals surface area contributed by atoms with Crippen molar-refractivity contribution in [3.8, 4) is 0 Å². The highest BCUT2D eigenvalue weighted by molar-refractivity contribution is 6.30. The monoisotopic (exact) mass is 176 g/mol. The Morgan fingerprint density at radius 2 is 1.50 bits per heavy atom. The van der Waals surface area contributed by atoms with Crippen molar-refractivity contribution >= 4 is 23.2 Å². The summed E-state index contributed by atoms with van der Waals surface area (Å²) in [5, 5.41) is 1.95. The molecule has 0 nitrogen and oxygen atoms in total. The van der Waals surface area contributed by atoms with Gasteiger partial charge in [-0.3, -0.25) is 0 Å². The van der Waals surface area contributed by atoms with E-state index >= 15 is 0 Å². The molecule has 0 heterocycles. The van der Waals surface area contributed by atoms with Gasteiger partial charge in [0, 0.05) is 10.1 Å². The highest BCUT2D eigenvalue weighted by Gasteiger charge is 1.98. The van der Waals surface area contributed by atoms with Crippen LogP contribution in [0.3, 0.4) is 0 Å². The SMILES string of the molecule is Cl/C1=C/C/C=C(/Cl)CCC1. The van der Waals surface area contributed by atoms with E-state index in [0.717, 1.165) is 35.7 Å². The minimum atomic E-state index is 0.887. The van der Waals surface area contributed by atoms with Crippen LogP contribution in [0.2, 0.25) is 0 Å². The summed E-state index contributed by atoms with van der Waals surface area (Å²) in [6.07, 6.45) is 7.95. The van der Waals surface area contributed by atoms with Gasteiger partial charge in [0.1, 0.15) is 0 Å². The summed E-state index contributed by atoms with van der Waals surface area (Å²) in [6, 6.07) is 0. The molecule has 0 saturated heterocycles. The normalized spacial score (nSPS) is 31.0. The molecule has 0 aromatic rings. The highest BCUT2D eigenvalue weighted by atomic mass is 35.5. The van der Waals surface area contributed by atoms with Crippen molar-refractivity contribution in [3.05, 3.63) is 22.2 Å². The lowest BCUT2D eigenvalue weighted by molar-refractivity contribution is 0.837. The second kappa shape index (κ2) is 4.05. The number of hydrogen-bond donors (Lipinski definition) is 0. The molecule has 2 heteroatoms. The predicted molar refractivity (Wildman–Crippen MR) is 46.3 cm³/mol. The van der Waals surface area contributed by atoms with E-state index in [9.17, 15) is 0 Å². The number of halogens is 2. The first-order valence-electron chi connectivity index (χ1n) is 3.48. The molecule has 0 spiro atoms. The number of rotatable bonds is 0. The van der Waals surface area contributed by atoms with Crippen molar-refractivity contribution in [2.24, 2.45) is 0 Å². The molecule has 0 N–H and O–H groups in total. The standard InChI is InChI=1S/C8H10Cl2/c9-7-3-1-4-8(10)6-2-5-7/h3-4H,1-2,5-6H2/b7-3+,8-4+. The first kappa shape index (κ1) is 8.16. The van der Waals surface area contributed by atoms with Crippen molar-refractivity contribution in [1.82, 2.24) is 0 Å². The van der Waals surface area contributed by atoms with Gasteiger partial charge in [-0.15, -0.1) is 0 Å². The zero-order chi connectivity index (χ0) is 7.40. The molecule has 0 fully saturated rings. The van der Waals surface area contributed by atoms with Gasteiger partial charge < -0.3 is 0 Å². The first-order chi connectivity index (χ1) is 4.79. The molecular weight excluding hydrogens is 167 g/mol. The van der Waals surface area contributed by atoms with Gasteiger partial charge >= 0.3 is 0 Å². The van der Waals surface area contributed by atoms with Crippen LogP contribution in [0, 0.1) is 0 Å². The molecule has 0 aromatic heterocycles. The Bertz CT molecular complexity index is 150. The largest absolute Gasteiger partial charge is 0.0895 e. The molecule has 1 aliphatic rings.